The van der Waals surface area contributed by atoms with Crippen LogP contribution in [0.4, 0.5) is 0 Å². The number of hydrogen-bond donors (Lipinski definition) is 3. The van der Waals surface area contributed by atoms with Crippen molar-refractivity contribution < 1.29 is 15.0 Å². The minimum atomic E-state index is -0.850. The van der Waals surface area contributed by atoms with Crippen molar-refractivity contribution in [1.82, 2.24) is 5.32 Å². The Balaban J connectivity index is 3.51. The first-order chi connectivity index (χ1) is 37.7. The zero-order valence-electron chi connectivity index (χ0n) is 50.8. The topological polar surface area (TPSA) is 69.6 Å². The fourth-order valence-electron chi connectivity index (χ4n) is 10.0. The molecular weight excluding hydrogens is 927 g/mol. The van der Waals surface area contributed by atoms with Crippen LogP contribution in [0.15, 0.2) is 97.2 Å². The Kier molecular flexibility index (Phi) is 64.2. The van der Waals surface area contributed by atoms with Gasteiger partial charge in [0.05, 0.1) is 18.8 Å². The van der Waals surface area contributed by atoms with Gasteiger partial charge in [0, 0.05) is 6.42 Å². The van der Waals surface area contributed by atoms with Crippen molar-refractivity contribution in [1.29, 1.82) is 0 Å². The predicted molar refractivity (Wildman–Crippen MR) is 340 cm³/mol. The number of hydrogen-bond acceptors (Lipinski definition) is 3. The number of carbonyl (C=O) groups excluding carboxylic acids is 1. The van der Waals surface area contributed by atoms with Crippen LogP contribution in [0.1, 0.15) is 335 Å². The molecule has 0 aromatic carbocycles. The SMILES string of the molecule is CC/C=C\C/C=C\C/C=C\C/C=C\C/C=C\C/C=C\C/C=C\CCCCCCCCCCCC(=O)NC(CO)C(O)/C=C/CCCCCCCCCCCCCCCCCCCCCCCCCCCCCCCCC. The molecule has 440 valence electrons. The van der Waals surface area contributed by atoms with Crippen LogP contribution >= 0.6 is 0 Å². The zero-order valence-corrected chi connectivity index (χ0v) is 50.8. The average Bonchev–Trinajstić information content (AvgIpc) is 3.42. The second-order valence-corrected chi connectivity index (χ2v) is 22.5. The molecule has 4 heteroatoms. The molecule has 0 aliphatic rings. The summed E-state index contributed by atoms with van der Waals surface area (Å²) in [5, 5.41) is 23.3. The van der Waals surface area contributed by atoms with Crippen LogP contribution in [0.5, 0.6) is 0 Å². The highest BCUT2D eigenvalue weighted by atomic mass is 16.3. The van der Waals surface area contributed by atoms with Crippen molar-refractivity contribution in [3.8, 4) is 0 Å². The monoisotopic (exact) mass is 1060 g/mol. The lowest BCUT2D eigenvalue weighted by Crippen LogP contribution is -2.45. The number of aliphatic hydroxyl groups excluding tert-OH is 2. The molecule has 0 fully saturated rings. The molecule has 4 nitrogen and oxygen atoms in total. The standard InChI is InChI=1S/C72H129NO3/c1-3-5-7-9-11-13-15-17-19-21-23-25-27-29-31-33-35-36-38-39-41-43-45-47-49-51-53-55-57-59-61-63-65-67-71(75)70(69-74)73-72(76)68-66-64-62-60-58-56-54-52-50-48-46-44-42-40-37-34-32-30-28-26-24-22-20-18-16-14-12-10-8-6-4-2/h6,8,12,14,18,20,24,26,30,32,37,40,44,46,65,67,70-71,74-75H,3-5,7,9-11,13,15-17,19,21-23,25,27-29,31,33-36,38-39,41-43,45,47-64,66,68-69H2,1-2H3,(H,73,76)/b8-6-,14-12-,20-18-,26-24-,32-30-,40-37-,46-44-,67-65+. The smallest absolute Gasteiger partial charge is 0.220 e. The Morgan fingerprint density at radius 2 is 0.579 bits per heavy atom. The van der Waals surface area contributed by atoms with Gasteiger partial charge in [-0.05, 0) is 77.0 Å². The minimum absolute atomic E-state index is 0.0703. The van der Waals surface area contributed by atoms with Crippen molar-refractivity contribution in [2.45, 2.75) is 347 Å². The van der Waals surface area contributed by atoms with E-state index in [1.807, 2.05) is 6.08 Å². The van der Waals surface area contributed by atoms with Gasteiger partial charge in [0.2, 0.25) is 5.91 Å². The van der Waals surface area contributed by atoms with Crippen LogP contribution in [-0.4, -0.2) is 34.9 Å². The number of nitrogens with one attached hydrogen (secondary N) is 1. The summed E-state index contributed by atoms with van der Waals surface area (Å²) in [6.07, 6.45) is 99.0. The Morgan fingerprint density at radius 1 is 0.329 bits per heavy atom. The van der Waals surface area contributed by atoms with E-state index in [2.05, 4.69) is 104 Å². The van der Waals surface area contributed by atoms with Crippen LogP contribution in [0, 0.1) is 0 Å². The van der Waals surface area contributed by atoms with E-state index in [-0.39, 0.29) is 12.5 Å². The quantitative estimate of drug-likeness (QED) is 0.0420. The van der Waals surface area contributed by atoms with E-state index in [9.17, 15) is 15.0 Å². The van der Waals surface area contributed by atoms with Gasteiger partial charge in [-0.3, -0.25) is 4.79 Å². The lowest BCUT2D eigenvalue weighted by atomic mass is 10.0. The van der Waals surface area contributed by atoms with E-state index in [0.717, 1.165) is 70.6 Å². The van der Waals surface area contributed by atoms with Crippen molar-refractivity contribution in [2.75, 3.05) is 6.61 Å². The zero-order chi connectivity index (χ0) is 54.8. The third-order valence-corrected chi connectivity index (χ3v) is 15.1. The second-order valence-electron chi connectivity index (χ2n) is 22.5. The van der Waals surface area contributed by atoms with Gasteiger partial charge in [0.15, 0.2) is 0 Å². The van der Waals surface area contributed by atoms with Gasteiger partial charge in [-0.1, -0.05) is 349 Å². The van der Waals surface area contributed by atoms with Crippen molar-refractivity contribution >= 4 is 5.91 Å². The van der Waals surface area contributed by atoms with Gasteiger partial charge in [-0.2, -0.15) is 0 Å². The molecule has 0 aliphatic carbocycles. The predicted octanol–water partition coefficient (Wildman–Crippen LogP) is 22.8. The van der Waals surface area contributed by atoms with E-state index >= 15 is 0 Å². The molecule has 0 aliphatic heterocycles. The summed E-state index contributed by atoms with van der Waals surface area (Å²) in [6.45, 7) is 4.22. The molecule has 0 aromatic heterocycles. The van der Waals surface area contributed by atoms with Crippen LogP contribution < -0.4 is 5.32 Å². The average molecular weight is 1060 g/mol. The molecule has 2 atom stereocenters. The third-order valence-electron chi connectivity index (χ3n) is 15.1. The summed E-state index contributed by atoms with van der Waals surface area (Å²) in [5.74, 6) is -0.0703. The molecular formula is C72H129NO3. The fraction of sp³-hybridized carbons (Fsp3) is 0.764. The number of rotatable bonds is 61. The second kappa shape index (κ2) is 66.6. The molecule has 0 radical (unpaired) electrons. The highest BCUT2D eigenvalue weighted by Gasteiger charge is 2.18. The van der Waals surface area contributed by atoms with Gasteiger partial charge in [0.25, 0.3) is 0 Å². The summed E-state index contributed by atoms with van der Waals surface area (Å²) in [6, 6.07) is -0.634. The molecule has 0 heterocycles. The third kappa shape index (κ3) is 62.2. The van der Waals surface area contributed by atoms with Crippen molar-refractivity contribution in [3.63, 3.8) is 0 Å². The maximum Gasteiger partial charge on any atom is 0.220 e. The van der Waals surface area contributed by atoms with E-state index < -0.39 is 12.1 Å². The molecule has 1 amide bonds. The van der Waals surface area contributed by atoms with Crippen molar-refractivity contribution in [2.24, 2.45) is 0 Å². The summed E-state index contributed by atoms with van der Waals surface area (Å²) in [5.41, 5.74) is 0. The Hall–Kier alpha value is -2.69. The van der Waals surface area contributed by atoms with E-state index in [4.69, 9.17) is 0 Å². The van der Waals surface area contributed by atoms with Gasteiger partial charge in [0.1, 0.15) is 0 Å². The lowest BCUT2D eigenvalue weighted by molar-refractivity contribution is -0.123. The van der Waals surface area contributed by atoms with Crippen LogP contribution in [-0.2, 0) is 4.79 Å². The largest absolute Gasteiger partial charge is 0.394 e. The highest BCUT2D eigenvalue weighted by molar-refractivity contribution is 5.76. The molecule has 0 rings (SSSR count). The minimum Gasteiger partial charge on any atom is -0.394 e. The maximum absolute atomic E-state index is 12.5. The Bertz CT molecular complexity index is 1380. The number of aliphatic hydroxyl groups is 2. The lowest BCUT2D eigenvalue weighted by Gasteiger charge is -2.20. The number of unbranched alkanes of at least 4 members (excludes halogenated alkanes) is 40. The first-order valence-corrected chi connectivity index (χ1v) is 33.5. The van der Waals surface area contributed by atoms with Crippen molar-refractivity contribution in [3.05, 3.63) is 97.2 Å². The normalized spacial score (nSPS) is 13.4. The van der Waals surface area contributed by atoms with E-state index in [1.165, 1.54) is 244 Å². The summed E-state index contributed by atoms with van der Waals surface area (Å²) in [4.78, 5) is 12.5. The summed E-state index contributed by atoms with van der Waals surface area (Å²) >= 11 is 0. The molecule has 3 N–H and O–H groups in total. The summed E-state index contributed by atoms with van der Waals surface area (Å²) in [7, 11) is 0. The molecule has 76 heavy (non-hydrogen) atoms. The fourth-order valence-corrected chi connectivity index (χ4v) is 10.0. The van der Waals surface area contributed by atoms with Crippen LogP contribution in [0.25, 0.3) is 0 Å². The van der Waals surface area contributed by atoms with Crippen LogP contribution in [0.3, 0.4) is 0 Å². The highest BCUT2D eigenvalue weighted by Crippen LogP contribution is 2.18. The molecule has 0 aromatic rings. The van der Waals surface area contributed by atoms with E-state index in [0.29, 0.717) is 6.42 Å². The molecule has 0 spiro atoms. The van der Waals surface area contributed by atoms with Gasteiger partial charge < -0.3 is 15.5 Å². The number of allylic oxidation sites excluding steroid dienone is 15. The molecule has 0 saturated carbocycles. The first-order valence-electron chi connectivity index (χ1n) is 33.5. The number of amides is 1. The van der Waals surface area contributed by atoms with Gasteiger partial charge >= 0.3 is 0 Å². The summed E-state index contributed by atoms with van der Waals surface area (Å²) < 4.78 is 0. The molecule has 0 bridgehead atoms. The van der Waals surface area contributed by atoms with Gasteiger partial charge in [-0.25, -0.2) is 0 Å². The number of carbonyl (C=O) groups is 1. The Labute approximate surface area is 474 Å². The molecule has 0 saturated heterocycles. The Morgan fingerprint density at radius 3 is 0.868 bits per heavy atom. The first kappa shape index (κ1) is 73.3. The van der Waals surface area contributed by atoms with Gasteiger partial charge in [-0.15, -0.1) is 0 Å². The maximum atomic E-state index is 12.5. The molecule has 2 unspecified atom stereocenters. The van der Waals surface area contributed by atoms with E-state index in [1.54, 1.807) is 6.08 Å². The van der Waals surface area contributed by atoms with Crippen LogP contribution in [0.2, 0.25) is 0 Å².